The number of benzene rings is 1. The molecule has 1 aromatic rings. The van der Waals surface area contributed by atoms with Gasteiger partial charge in [-0.05, 0) is 12.5 Å². The van der Waals surface area contributed by atoms with Crippen LogP contribution in [0.4, 0.5) is 0 Å². The fourth-order valence-electron chi connectivity index (χ4n) is 1.13. The second kappa shape index (κ2) is 11.8. The topological polar surface area (TPSA) is 29.1 Å². The van der Waals surface area contributed by atoms with Crippen molar-refractivity contribution in [3.8, 4) is 0 Å². The third kappa shape index (κ3) is 8.04. The van der Waals surface area contributed by atoms with Gasteiger partial charge in [-0.2, -0.15) is 0 Å². The zero-order valence-corrected chi connectivity index (χ0v) is 11.4. The lowest BCUT2D eigenvalue weighted by Crippen LogP contribution is -2.23. The minimum Gasteiger partial charge on any atom is -0.350 e. The summed E-state index contributed by atoms with van der Waals surface area (Å²) in [5.41, 5.74) is 1.13. The Morgan fingerprint density at radius 2 is 1.50 bits per heavy atom. The van der Waals surface area contributed by atoms with Crippen LogP contribution in [0.3, 0.4) is 0 Å². The number of carbonyl (C=O) groups excluding carboxylic acids is 1. The lowest BCUT2D eigenvalue weighted by molar-refractivity contribution is -0.119. The Bertz CT molecular complexity index is 257. The summed E-state index contributed by atoms with van der Waals surface area (Å²) in [6.07, 6.45) is 0. The third-order valence-corrected chi connectivity index (χ3v) is 1.72. The second-order valence-electron chi connectivity index (χ2n) is 2.83. The van der Waals surface area contributed by atoms with Crippen molar-refractivity contribution in [2.24, 2.45) is 0 Å². The molecule has 0 aliphatic rings. The van der Waals surface area contributed by atoms with Gasteiger partial charge in [-0.15, -0.1) is 0 Å². The van der Waals surface area contributed by atoms with Gasteiger partial charge in [-0.25, -0.2) is 0 Å². The van der Waals surface area contributed by atoms with Crippen molar-refractivity contribution in [1.82, 2.24) is 5.32 Å². The molecule has 0 spiro atoms. The second-order valence-corrected chi connectivity index (χ2v) is 2.83. The fraction of sp³-hybridized carbons (Fsp3) is 0.500. The normalized spacial score (nSPS) is 9.88. The highest BCUT2D eigenvalue weighted by molar-refractivity contribution is 5.73. The van der Waals surface area contributed by atoms with Gasteiger partial charge in [-0.3, -0.25) is 4.79 Å². The molecule has 0 bridgehead atoms. The van der Waals surface area contributed by atoms with E-state index < -0.39 is 0 Å². The number of carbonyl (C=O) groups is 1. The van der Waals surface area contributed by atoms with Crippen LogP contribution in [0.2, 0.25) is 0 Å². The molecule has 0 fully saturated rings. The molecule has 1 unspecified atom stereocenters. The first-order chi connectivity index (χ1) is 7.70. The molecular weight excluding hydrogens is 198 g/mol. The predicted octanol–water partition coefficient (Wildman–Crippen LogP) is 3.94. The van der Waals surface area contributed by atoms with Crippen LogP contribution in [0.15, 0.2) is 30.3 Å². The summed E-state index contributed by atoms with van der Waals surface area (Å²) >= 11 is 0. The molecule has 92 valence electrons. The summed E-state index contributed by atoms with van der Waals surface area (Å²) in [5.74, 6) is 0.00588. The highest BCUT2D eigenvalue weighted by Gasteiger charge is 2.03. The Morgan fingerprint density at radius 3 is 1.88 bits per heavy atom. The van der Waals surface area contributed by atoms with Gasteiger partial charge in [0.25, 0.3) is 0 Å². The van der Waals surface area contributed by atoms with Gasteiger partial charge < -0.3 is 5.32 Å². The van der Waals surface area contributed by atoms with E-state index >= 15 is 0 Å². The van der Waals surface area contributed by atoms with Gasteiger partial charge >= 0.3 is 0 Å². The highest BCUT2D eigenvalue weighted by Crippen LogP contribution is 2.10. The monoisotopic (exact) mass is 223 g/mol. The van der Waals surface area contributed by atoms with Gasteiger partial charge in [0.15, 0.2) is 0 Å². The number of amides is 1. The number of hydrogen-bond acceptors (Lipinski definition) is 1. The van der Waals surface area contributed by atoms with Gasteiger partial charge in [0.1, 0.15) is 0 Å². The molecule has 0 radical (unpaired) electrons. The molecule has 1 rings (SSSR count). The van der Waals surface area contributed by atoms with E-state index in [9.17, 15) is 4.79 Å². The third-order valence-electron chi connectivity index (χ3n) is 1.72. The van der Waals surface area contributed by atoms with Crippen LogP contribution in [0, 0.1) is 0 Å². The van der Waals surface area contributed by atoms with Crippen molar-refractivity contribution >= 4 is 5.91 Å². The molecule has 0 aliphatic heterocycles. The van der Waals surface area contributed by atoms with Crippen LogP contribution < -0.4 is 5.32 Å². The molecule has 0 saturated carbocycles. The fourth-order valence-corrected chi connectivity index (χ4v) is 1.13. The number of hydrogen-bond donors (Lipinski definition) is 1. The van der Waals surface area contributed by atoms with E-state index in [0.717, 1.165) is 5.56 Å². The van der Waals surface area contributed by atoms with Crippen molar-refractivity contribution in [1.29, 1.82) is 0 Å². The molecule has 0 saturated heterocycles. The summed E-state index contributed by atoms with van der Waals surface area (Å²) < 4.78 is 0. The molecular formula is C14H25NO. The van der Waals surface area contributed by atoms with E-state index in [2.05, 4.69) is 5.32 Å². The summed E-state index contributed by atoms with van der Waals surface area (Å²) in [5, 5.41) is 2.82. The standard InChI is InChI=1S/C10H13NO.2C2H6/c1-8(11-9(2)12)10-6-4-3-5-7-10;2*1-2/h3-8H,1-2H3,(H,11,12);2*1-2H3. The maximum Gasteiger partial charge on any atom is 0.217 e. The highest BCUT2D eigenvalue weighted by atomic mass is 16.1. The Hall–Kier alpha value is -1.31. The van der Waals surface area contributed by atoms with Crippen LogP contribution >= 0.6 is 0 Å². The zero-order chi connectivity index (χ0) is 13.0. The first kappa shape index (κ1) is 17.1. The van der Waals surface area contributed by atoms with Crippen LogP contribution in [0.1, 0.15) is 53.1 Å². The van der Waals surface area contributed by atoms with E-state index in [4.69, 9.17) is 0 Å². The minimum atomic E-state index is 0.00588. The lowest BCUT2D eigenvalue weighted by Gasteiger charge is -2.11. The van der Waals surface area contributed by atoms with Gasteiger partial charge in [0, 0.05) is 6.92 Å². The van der Waals surface area contributed by atoms with Crippen LogP contribution in [0.25, 0.3) is 0 Å². The SMILES string of the molecule is CC.CC.CC(=O)NC(C)c1ccccc1. The molecule has 0 aliphatic carbocycles. The van der Waals surface area contributed by atoms with E-state index in [-0.39, 0.29) is 11.9 Å². The Balaban J connectivity index is 0. The Kier molecular flexibility index (Phi) is 12.6. The molecule has 1 aromatic carbocycles. The Morgan fingerprint density at radius 1 is 1.06 bits per heavy atom. The Labute approximate surface area is 100 Å². The van der Waals surface area contributed by atoms with Crippen LogP contribution in [-0.2, 0) is 4.79 Å². The van der Waals surface area contributed by atoms with E-state index in [1.54, 1.807) is 0 Å². The van der Waals surface area contributed by atoms with Gasteiger partial charge in [0.05, 0.1) is 6.04 Å². The average Bonchev–Trinajstić information content (AvgIpc) is 2.34. The molecule has 1 amide bonds. The summed E-state index contributed by atoms with van der Waals surface area (Å²) in [4.78, 5) is 10.7. The molecule has 0 heterocycles. The molecule has 1 N–H and O–H groups in total. The minimum absolute atomic E-state index is 0.00588. The molecule has 2 nitrogen and oxygen atoms in total. The van der Waals surface area contributed by atoms with Crippen LogP contribution in [0.5, 0.6) is 0 Å². The average molecular weight is 223 g/mol. The first-order valence-corrected chi connectivity index (χ1v) is 6.02. The quantitative estimate of drug-likeness (QED) is 0.808. The van der Waals surface area contributed by atoms with Crippen molar-refractivity contribution in [3.63, 3.8) is 0 Å². The van der Waals surface area contributed by atoms with Crippen molar-refractivity contribution in [3.05, 3.63) is 35.9 Å². The largest absolute Gasteiger partial charge is 0.350 e. The van der Waals surface area contributed by atoms with Gasteiger partial charge in [0.2, 0.25) is 5.91 Å². The number of rotatable bonds is 2. The summed E-state index contributed by atoms with van der Waals surface area (Å²) in [6.45, 7) is 11.5. The molecule has 1 atom stereocenters. The molecule has 16 heavy (non-hydrogen) atoms. The van der Waals surface area contributed by atoms with Crippen molar-refractivity contribution in [2.75, 3.05) is 0 Å². The van der Waals surface area contributed by atoms with Crippen LogP contribution in [-0.4, -0.2) is 5.91 Å². The predicted molar refractivity (Wildman–Crippen MR) is 71.4 cm³/mol. The summed E-state index contributed by atoms with van der Waals surface area (Å²) in [6, 6.07) is 10.00. The molecule has 0 aromatic heterocycles. The lowest BCUT2D eigenvalue weighted by atomic mass is 10.1. The smallest absolute Gasteiger partial charge is 0.217 e. The maximum atomic E-state index is 10.7. The van der Waals surface area contributed by atoms with E-state index in [0.29, 0.717) is 0 Å². The summed E-state index contributed by atoms with van der Waals surface area (Å²) in [7, 11) is 0. The maximum absolute atomic E-state index is 10.7. The molecule has 2 heteroatoms. The first-order valence-electron chi connectivity index (χ1n) is 6.02. The van der Waals surface area contributed by atoms with Crippen molar-refractivity contribution < 1.29 is 4.79 Å². The van der Waals surface area contributed by atoms with Crippen molar-refractivity contribution in [2.45, 2.75) is 47.6 Å². The zero-order valence-electron chi connectivity index (χ0n) is 11.4. The van der Waals surface area contributed by atoms with Gasteiger partial charge in [-0.1, -0.05) is 58.0 Å². The number of nitrogens with one attached hydrogen (secondary N) is 1. The van der Waals surface area contributed by atoms with E-state index in [1.165, 1.54) is 6.92 Å². The van der Waals surface area contributed by atoms with E-state index in [1.807, 2.05) is 65.0 Å².